The number of hydrogen-bond acceptors (Lipinski definition) is 7. The van der Waals surface area contributed by atoms with Crippen molar-refractivity contribution >= 4 is 38.4 Å². The van der Waals surface area contributed by atoms with E-state index in [1.165, 1.54) is 48.9 Å². The van der Waals surface area contributed by atoms with Crippen molar-refractivity contribution in [2.45, 2.75) is 43.7 Å². The van der Waals surface area contributed by atoms with Crippen LogP contribution >= 0.6 is 0 Å². The number of benzene rings is 2. The largest absolute Gasteiger partial charge is 0.506 e. The van der Waals surface area contributed by atoms with Crippen LogP contribution in [0, 0.1) is 11.7 Å². The molecule has 1 amide bonds. The summed E-state index contributed by atoms with van der Waals surface area (Å²) in [5.41, 5.74) is -0.550. The van der Waals surface area contributed by atoms with E-state index in [9.17, 15) is 27.5 Å². The van der Waals surface area contributed by atoms with Gasteiger partial charge in [-0.3, -0.25) is 9.59 Å². The van der Waals surface area contributed by atoms with E-state index >= 15 is 0 Å². The lowest BCUT2D eigenvalue weighted by Gasteiger charge is -2.21. The second-order valence-electron chi connectivity index (χ2n) is 9.15. The van der Waals surface area contributed by atoms with Crippen molar-refractivity contribution in [3.8, 4) is 11.5 Å². The van der Waals surface area contributed by atoms with Crippen molar-refractivity contribution in [2.75, 3.05) is 12.4 Å². The summed E-state index contributed by atoms with van der Waals surface area (Å²) in [7, 11) is -2.88. The Bertz CT molecular complexity index is 1630. The minimum Gasteiger partial charge on any atom is -0.506 e. The van der Waals surface area contributed by atoms with Crippen molar-refractivity contribution in [2.24, 2.45) is 10.3 Å². The third-order valence-electron chi connectivity index (χ3n) is 6.52. The molecular weight excluding hydrogens is 503 g/mol. The molecule has 2 aromatic carbocycles. The Labute approximate surface area is 211 Å². The minimum atomic E-state index is -4.34. The van der Waals surface area contributed by atoms with Crippen LogP contribution in [-0.2, 0) is 21.4 Å². The number of fused-ring (bicyclic) bond motifs is 2. The third-order valence-corrected chi connectivity index (χ3v) is 7.84. The number of likely N-dealkylation sites (N-methyl/N-ethyl adjacent to an activating group) is 1. The van der Waals surface area contributed by atoms with Gasteiger partial charge < -0.3 is 25.0 Å². The number of anilines is 1. The number of carbonyl (C=O) groups is 1. The van der Waals surface area contributed by atoms with Gasteiger partial charge in [-0.15, -0.1) is 4.40 Å². The van der Waals surface area contributed by atoms with Crippen molar-refractivity contribution < 1.29 is 27.4 Å². The highest BCUT2D eigenvalue weighted by atomic mass is 32.2. The molecule has 2 aliphatic rings. The summed E-state index contributed by atoms with van der Waals surface area (Å²) < 4.78 is 51.0. The molecule has 10 nitrogen and oxygen atoms in total. The number of carbonyl (C=O) groups excluding carboxylic acids is 1. The number of amides is 1. The molecule has 3 aromatic rings. The predicted octanol–water partition coefficient (Wildman–Crippen LogP) is 2.72. The summed E-state index contributed by atoms with van der Waals surface area (Å²) in [5, 5.41) is 16.3. The fourth-order valence-electron chi connectivity index (χ4n) is 4.35. The van der Waals surface area contributed by atoms with Crippen LogP contribution in [0.3, 0.4) is 0 Å². The molecule has 0 radical (unpaired) electrons. The first kappa shape index (κ1) is 24.8. The van der Waals surface area contributed by atoms with E-state index in [-0.39, 0.29) is 39.0 Å². The zero-order valence-corrected chi connectivity index (χ0v) is 20.9. The molecule has 5 rings (SSSR count). The quantitative estimate of drug-likeness (QED) is 0.429. The lowest BCUT2D eigenvalue weighted by Crippen LogP contribution is -2.34. The SMILES string of the molecule is CNC(=O)[C@@H](C)Oc1ccc2c(c1)S(=O)(=O)N=C(c1c(O)c3cc(F)ccc3n(CCC3CC3)c1=O)N2. The van der Waals surface area contributed by atoms with Crippen molar-refractivity contribution in [3.05, 3.63) is 58.1 Å². The van der Waals surface area contributed by atoms with Gasteiger partial charge in [0.15, 0.2) is 11.9 Å². The molecule has 2 heterocycles. The molecule has 1 aliphatic heterocycles. The number of halogens is 1. The minimum absolute atomic E-state index is 0.0741. The highest BCUT2D eigenvalue weighted by molar-refractivity contribution is 7.90. The van der Waals surface area contributed by atoms with Gasteiger partial charge in [-0.25, -0.2) is 4.39 Å². The summed E-state index contributed by atoms with van der Waals surface area (Å²) in [6.45, 7) is 1.85. The first-order valence-electron chi connectivity index (χ1n) is 11.8. The predicted molar refractivity (Wildman–Crippen MR) is 135 cm³/mol. The molecule has 194 valence electrons. The summed E-state index contributed by atoms with van der Waals surface area (Å²) in [6, 6.07) is 7.83. The van der Waals surface area contributed by atoms with Gasteiger partial charge in [0.2, 0.25) is 0 Å². The monoisotopic (exact) mass is 528 g/mol. The lowest BCUT2D eigenvalue weighted by atomic mass is 10.1. The normalized spacial score (nSPS) is 16.9. The van der Waals surface area contributed by atoms with E-state index < -0.39 is 33.3 Å². The molecule has 0 spiro atoms. The van der Waals surface area contributed by atoms with Crippen molar-refractivity contribution in [1.29, 1.82) is 0 Å². The van der Waals surface area contributed by atoms with Crippen LogP contribution in [0.2, 0.25) is 0 Å². The Kier molecular flexibility index (Phi) is 6.14. The van der Waals surface area contributed by atoms with Crippen LogP contribution in [0.4, 0.5) is 10.1 Å². The zero-order chi connectivity index (χ0) is 26.5. The topological polar surface area (TPSA) is 139 Å². The van der Waals surface area contributed by atoms with E-state index in [2.05, 4.69) is 15.0 Å². The molecule has 1 saturated carbocycles. The molecular formula is C25H25FN4O6S. The first-order valence-corrected chi connectivity index (χ1v) is 13.2. The number of amidine groups is 1. The van der Waals surface area contributed by atoms with Crippen LogP contribution in [0.5, 0.6) is 11.5 Å². The van der Waals surface area contributed by atoms with Gasteiger partial charge in [-0.1, -0.05) is 12.8 Å². The van der Waals surface area contributed by atoms with E-state index in [4.69, 9.17) is 4.74 Å². The number of nitrogens with zero attached hydrogens (tertiary/aromatic N) is 2. The molecule has 0 bridgehead atoms. The molecule has 37 heavy (non-hydrogen) atoms. The number of pyridine rings is 1. The van der Waals surface area contributed by atoms with Crippen LogP contribution in [0.15, 0.2) is 50.5 Å². The summed E-state index contributed by atoms with van der Waals surface area (Å²) in [6.07, 6.45) is 2.01. The van der Waals surface area contributed by atoms with Crippen molar-refractivity contribution in [1.82, 2.24) is 9.88 Å². The maximum atomic E-state index is 14.1. The number of ether oxygens (including phenoxy) is 1. The standard InChI is InChI=1S/C25H25FN4O6S/c1-13(24(32)27-2)36-16-6-7-18-20(12-16)37(34,35)29-23(28-18)21-22(31)17-11-15(26)5-8-19(17)30(25(21)33)10-9-14-3-4-14/h5-8,11-14,31H,3-4,9-10H2,1-2H3,(H,27,32)(H,28,29)/t13-/m1/s1. The number of hydrogen-bond donors (Lipinski definition) is 3. The number of rotatable bonds is 7. The third kappa shape index (κ3) is 4.64. The number of aryl methyl sites for hydroxylation is 1. The maximum Gasteiger partial charge on any atom is 0.286 e. The van der Waals surface area contributed by atoms with E-state index in [1.54, 1.807) is 0 Å². The lowest BCUT2D eigenvalue weighted by molar-refractivity contribution is -0.126. The second-order valence-corrected chi connectivity index (χ2v) is 10.7. The van der Waals surface area contributed by atoms with E-state index in [0.29, 0.717) is 18.0 Å². The number of nitrogens with one attached hydrogen (secondary N) is 2. The summed E-state index contributed by atoms with van der Waals surface area (Å²) >= 11 is 0. The summed E-state index contributed by atoms with van der Waals surface area (Å²) in [5.74, 6) is -1.30. The van der Waals surface area contributed by atoms with Crippen LogP contribution in [-0.4, -0.2) is 43.0 Å². The second kappa shape index (κ2) is 9.18. The highest BCUT2D eigenvalue weighted by Gasteiger charge is 2.31. The van der Waals surface area contributed by atoms with Gasteiger partial charge in [0, 0.05) is 25.0 Å². The molecule has 0 unspecified atom stereocenters. The molecule has 1 atom stereocenters. The van der Waals surface area contributed by atoms with Gasteiger partial charge in [-0.2, -0.15) is 8.42 Å². The smallest absolute Gasteiger partial charge is 0.286 e. The molecule has 12 heteroatoms. The van der Waals surface area contributed by atoms with Crippen LogP contribution in [0.25, 0.3) is 10.9 Å². The average Bonchev–Trinajstić information content (AvgIpc) is 3.68. The van der Waals surface area contributed by atoms with E-state index in [1.807, 2.05) is 0 Å². The number of aromatic nitrogens is 1. The van der Waals surface area contributed by atoms with Gasteiger partial charge in [0.25, 0.3) is 21.5 Å². The van der Waals surface area contributed by atoms with Gasteiger partial charge in [0.05, 0.1) is 11.2 Å². The maximum absolute atomic E-state index is 14.1. The van der Waals surface area contributed by atoms with Gasteiger partial charge in [-0.05, 0) is 49.6 Å². The molecule has 1 fully saturated rings. The number of sulfonamides is 1. The molecule has 1 aromatic heterocycles. The number of aromatic hydroxyl groups is 1. The Morgan fingerprint density at radius 3 is 2.76 bits per heavy atom. The van der Waals surface area contributed by atoms with Gasteiger partial charge in [0.1, 0.15) is 27.8 Å². The Morgan fingerprint density at radius 2 is 2.05 bits per heavy atom. The average molecular weight is 529 g/mol. The fraction of sp³-hybridized carbons (Fsp3) is 0.320. The van der Waals surface area contributed by atoms with Crippen LogP contribution < -0.4 is 20.9 Å². The molecule has 3 N–H and O–H groups in total. The first-order chi connectivity index (χ1) is 17.6. The highest BCUT2D eigenvalue weighted by Crippen LogP contribution is 2.36. The zero-order valence-electron chi connectivity index (χ0n) is 20.1. The van der Waals surface area contributed by atoms with Crippen LogP contribution in [0.1, 0.15) is 31.7 Å². The Morgan fingerprint density at radius 1 is 1.30 bits per heavy atom. The van der Waals surface area contributed by atoms with Crippen molar-refractivity contribution in [3.63, 3.8) is 0 Å². The van der Waals surface area contributed by atoms with Gasteiger partial charge >= 0.3 is 0 Å². The molecule has 0 saturated heterocycles. The Hall–Kier alpha value is -3.93. The fourth-order valence-corrected chi connectivity index (χ4v) is 5.49. The Balaban J connectivity index is 1.59. The summed E-state index contributed by atoms with van der Waals surface area (Å²) in [4.78, 5) is 25.1. The molecule has 1 aliphatic carbocycles. The van der Waals surface area contributed by atoms with E-state index in [0.717, 1.165) is 25.3 Å².